The molecule has 7 heteroatoms. The van der Waals surface area contributed by atoms with E-state index in [1.165, 1.54) is 0 Å². The molecule has 0 N–H and O–H groups in total. The summed E-state index contributed by atoms with van der Waals surface area (Å²) in [4.78, 5) is 11.3. The lowest BCUT2D eigenvalue weighted by Gasteiger charge is -2.45. The van der Waals surface area contributed by atoms with Gasteiger partial charge in [0.2, 0.25) is 0 Å². The zero-order valence-corrected chi connectivity index (χ0v) is 21.1. The van der Waals surface area contributed by atoms with Gasteiger partial charge >= 0.3 is 0 Å². The summed E-state index contributed by atoms with van der Waals surface area (Å²) in [6.45, 7) is 10.1. The highest BCUT2D eigenvalue weighted by molar-refractivity contribution is 7.86. The molecule has 2 aromatic rings. The Morgan fingerprint density at radius 2 is 1.39 bits per heavy atom. The highest BCUT2D eigenvalue weighted by Crippen LogP contribution is 2.38. The Morgan fingerprint density at radius 3 is 1.74 bits per heavy atom. The second-order valence-electron chi connectivity index (χ2n) is 9.17. The summed E-state index contributed by atoms with van der Waals surface area (Å²) >= 11 is 0. The Hall–Kier alpha value is -1.80. The highest BCUT2D eigenvalue weighted by Gasteiger charge is 2.51. The number of rotatable bonds is 10. The first-order chi connectivity index (χ1) is 14.4. The summed E-state index contributed by atoms with van der Waals surface area (Å²) in [5.74, 6) is -0.350. The van der Waals surface area contributed by atoms with E-state index in [2.05, 4.69) is 45.0 Å². The molecule has 0 amide bonds. The minimum Gasteiger partial charge on any atom is -0.402 e. The molecule has 0 aromatic heterocycles. The van der Waals surface area contributed by atoms with Crippen LogP contribution in [0.5, 0.6) is 0 Å². The minimum absolute atomic E-state index is 0.254. The maximum absolute atomic E-state index is 12.0. The number of carbonyl (C=O) groups excluding carboxylic acids is 1. The summed E-state index contributed by atoms with van der Waals surface area (Å²) in [5, 5.41) is 1.94. The Morgan fingerprint density at radius 1 is 0.935 bits per heavy atom. The maximum atomic E-state index is 12.0. The van der Waals surface area contributed by atoms with Crippen molar-refractivity contribution in [1.29, 1.82) is 0 Å². The first-order valence-corrected chi connectivity index (χ1v) is 14.3. The zero-order valence-electron chi connectivity index (χ0n) is 19.2. The lowest BCUT2D eigenvalue weighted by atomic mass is 10.0. The largest absolute Gasteiger partial charge is 0.402 e. The van der Waals surface area contributed by atoms with Gasteiger partial charge in [-0.15, -0.1) is 0 Å². The molecule has 0 spiro atoms. The molecule has 3 atom stereocenters. The van der Waals surface area contributed by atoms with Crippen molar-refractivity contribution >= 4 is 35.1 Å². The predicted octanol–water partition coefficient (Wildman–Crippen LogP) is 3.52. The number of carbonyl (C=O) groups is 1. The van der Waals surface area contributed by atoms with E-state index in [9.17, 15) is 13.2 Å². The molecule has 0 heterocycles. The molecule has 0 saturated carbocycles. The van der Waals surface area contributed by atoms with Crippen molar-refractivity contribution in [3.05, 3.63) is 60.7 Å². The van der Waals surface area contributed by atoms with Crippen LogP contribution < -0.4 is 10.4 Å². The van der Waals surface area contributed by atoms with Gasteiger partial charge in [-0.3, -0.25) is 4.18 Å². The van der Waals surface area contributed by atoms with E-state index in [4.69, 9.17) is 8.61 Å². The lowest BCUT2D eigenvalue weighted by molar-refractivity contribution is -0.111. The molecule has 0 aliphatic rings. The zero-order chi connectivity index (χ0) is 23.3. The van der Waals surface area contributed by atoms with Gasteiger partial charge in [0, 0.05) is 5.92 Å². The molecule has 0 radical (unpaired) electrons. The molecule has 0 unspecified atom stereocenters. The van der Waals surface area contributed by atoms with E-state index >= 15 is 0 Å². The summed E-state index contributed by atoms with van der Waals surface area (Å²) in [7, 11) is -6.60. The molecule has 0 aliphatic carbocycles. The van der Waals surface area contributed by atoms with Gasteiger partial charge in [-0.2, -0.15) is 8.42 Å². The highest BCUT2D eigenvalue weighted by atomic mass is 32.2. The van der Waals surface area contributed by atoms with Gasteiger partial charge in [-0.25, -0.2) is 0 Å². The molecule has 0 saturated heterocycles. The molecule has 5 nitrogen and oxygen atoms in total. The normalized spacial score (nSPS) is 15.8. The minimum atomic E-state index is -3.72. The Kier molecular flexibility index (Phi) is 8.38. The standard InChI is InChI=1S/C24H34O5SSi/c1-19(18-25)17-23(28-30(6,26)27)20(2)29-31(24(3,4)5,21-13-9-7-10-14-21)22-15-11-8-12-16-22/h7-16,18-20,23H,17H2,1-6H3/t19-,20-,23+/m0/s1. The third-order valence-electron chi connectivity index (χ3n) is 5.44. The van der Waals surface area contributed by atoms with Crippen LogP contribution in [0.1, 0.15) is 41.0 Å². The second-order valence-corrected chi connectivity index (χ2v) is 15.0. The van der Waals surface area contributed by atoms with Gasteiger partial charge in [-0.05, 0) is 28.8 Å². The van der Waals surface area contributed by atoms with Crippen LogP contribution >= 0.6 is 0 Å². The summed E-state index contributed by atoms with van der Waals surface area (Å²) in [6.07, 6.45) is 0.783. The molecule has 2 aromatic carbocycles. The van der Waals surface area contributed by atoms with Crippen LogP contribution in [-0.2, 0) is 23.5 Å². The van der Waals surface area contributed by atoms with Crippen LogP contribution in [0.15, 0.2) is 60.7 Å². The summed E-state index contributed by atoms with van der Waals surface area (Å²) in [6, 6.07) is 20.3. The monoisotopic (exact) mass is 462 g/mol. The Balaban J connectivity index is 2.62. The topological polar surface area (TPSA) is 69.7 Å². The molecule has 170 valence electrons. The average molecular weight is 463 g/mol. The van der Waals surface area contributed by atoms with E-state index in [0.717, 1.165) is 22.9 Å². The lowest BCUT2D eigenvalue weighted by Crippen LogP contribution is -2.68. The molecule has 0 bridgehead atoms. The third-order valence-corrected chi connectivity index (χ3v) is 11.2. The number of hydrogen-bond acceptors (Lipinski definition) is 5. The Labute approximate surface area is 188 Å². The molecule has 0 fully saturated rings. The van der Waals surface area contributed by atoms with Crippen molar-refractivity contribution < 1.29 is 21.8 Å². The maximum Gasteiger partial charge on any atom is 0.264 e. The number of aldehydes is 1. The fourth-order valence-electron chi connectivity index (χ4n) is 4.00. The van der Waals surface area contributed by atoms with E-state index in [1.54, 1.807) is 6.92 Å². The Bertz CT molecular complexity index is 899. The second kappa shape index (κ2) is 10.2. The van der Waals surface area contributed by atoms with Gasteiger partial charge in [0.25, 0.3) is 18.4 Å². The summed E-state index contributed by atoms with van der Waals surface area (Å²) in [5.41, 5.74) is 0. The van der Waals surface area contributed by atoms with E-state index in [-0.39, 0.29) is 17.4 Å². The first kappa shape index (κ1) is 25.5. The van der Waals surface area contributed by atoms with E-state index < -0.39 is 30.6 Å². The molecular weight excluding hydrogens is 428 g/mol. The van der Waals surface area contributed by atoms with Crippen LogP contribution in [0.4, 0.5) is 0 Å². The van der Waals surface area contributed by atoms with E-state index in [0.29, 0.717) is 0 Å². The molecular formula is C24H34O5SSi. The van der Waals surface area contributed by atoms with Gasteiger partial charge in [-0.1, -0.05) is 88.4 Å². The number of hydrogen-bond donors (Lipinski definition) is 0. The van der Waals surface area contributed by atoms with Gasteiger partial charge in [0.15, 0.2) is 0 Å². The quantitative estimate of drug-likeness (QED) is 0.307. The third kappa shape index (κ3) is 6.35. The van der Waals surface area contributed by atoms with Gasteiger partial charge in [0.05, 0.1) is 12.4 Å². The van der Waals surface area contributed by atoms with Crippen molar-refractivity contribution in [2.75, 3.05) is 6.26 Å². The van der Waals surface area contributed by atoms with Crippen LogP contribution in [-0.4, -0.2) is 41.5 Å². The first-order valence-electron chi connectivity index (χ1n) is 10.5. The van der Waals surface area contributed by atoms with Crippen LogP contribution in [0, 0.1) is 5.92 Å². The predicted molar refractivity (Wildman–Crippen MR) is 128 cm³/mol. The smallest absolute Gasteiger partial charge is 0.264 e. The van der Waals surface area contributed by atoms with Crippen molar-refractivity contribution in [1.82, 2.24) is 0 Å². The van der Waals surface area contributed by atoms with Crippen LogP contribution in [0.25, 0.3) is 0 Å². The fraction of sp³-hybridized carbons (Fsp3) is 0.458. The van der Waals surface area contributed by atoms with Gasteiger partial charge < -0.3 is 9.22 Å². The van der Waals surface area contributed by atoms with Crippen LogP contribution in [0.3, 0.4) is 0 Å². The summed E-state index contributed by atoms with van der Waals surface area (Å²) < 4.78 is 36.3. The number of benzene rings is 2. The van der Waals surface area contributed by atoms with Gasteiger partial charge in [0.1, 0.15) is 12.4 Å². The van der Waals surface area contributed by atoms with Crippen molar-refractivity contribution in [3.63, 3.8) is 0 Å². The molecule has 31 heavy (non-hydrogen) atoms. The SMILES string of the molecule is C[C@H](C=O)C[C@@H](OS(C)(=O)=O)[C@H](C)O[Si](c1ccccc1)(c1ccccc1)C(C)(C)C. The van der Waals surface area contributed by atoms with Crippen molar-refractivity contribution in [3.8, 4) is 0 Å². The van der Waals surface area contributed by atoms with Crippen molar-refractivity contribution in [2.45, 2.75) is 58.3 Å². The van der Waals surface area contributed by atoms with Crippen LogP contribution in [0.2, 0.25) is 5.04 Å². The molecule has 0 aliphatic heterocycles. The van der Waals surface area contributed by atoms with Crippen molar-refractivity contribution in [2.24, 2.45) is 5.92 Å². The fourth-order valence-corrected chi connectivity index (χ4v) is 9.41. The molecule has 2 rings (SSSR count). The van der Waals surface area contributed by atoms with E-state index in [1.807, 2.05) is 43.3 Å². The average Bonchev–Trinajstić information content (AvgIpc) is 2.70.